The van der Waals surface area contributed by atoms with Gasteiger partial charge in [-0.15, -0.1) is 11.3 Å². The van der Waals surface area contributed by atoms with Gasteiger partial charge in [0.2, 0.25) is 0 Å². The van der Waals surface area contributed by atoms with Gasteiger partial charge in [-0.05, 0) is 42.9 Å². The second kappa shape index (κ2) is 6.64. The highest BCUT2D eigenvalue weighted by Crippen LogP contribution is 2.36. The maximum atomic E-state index is 13.3. The van der Waals surface area contributed by atoms with E-state index in [1.54, 1.807) is 35.9 Å². The first-order chi connectivity index (χ1) is 12.5. The molecule has 3 aromatic rings. The molecule has 1 atom stereocenters. The second-order valence-corrected chi connectivity index (χ2v) is 7.89. The Hall–Kier alpha value is -2.54. The van der Waals surface area contributed by atoms with E-state index in [2.05, 4.69) is 11.9 Å². The number of hydrogen-bond acceptors (Lipinski definition) is 5. The van der Waals surface area contributed by atoms with Crippen LogP contribution < -0.4 is 5.56 Å². The Bertz CT molecular complexity index is 1040. The van der Waals surface area contributed by atoms with Crippen LogP contribution >= 0.6 is 11.3 Å². The zero-order valence-corrected chi connectivity index (χ0v) is 15.3. The van der Waals surface area contributed by atoms with Gasteiger partial charge in [0.05, 0.1) is 11.8 Å². The summed E-state index contributed by atoms with van der Waals surface area (Å²) in [7, 11) is 0. The summed E-state index contributed by atoms with van der Waals surface area (Å²) in [5.74, 6) is 0.195. The van der Waals surface area contributed by atoms with Crippen molar-refractivity contribution in [3.05, 3.63) is 45.3 Å². The molecule has 1 N–H and O–H groups in total. The summed E-state index contributed by atoms with van der Waals surface area (Å²) in [6, 6.07) is 3.58. The Morgan fingerprint density at radius 2 is 2.15 bits per heavy atom. The third-order valence-electron chi connectivity index (χ3n) is 4.90. The number of fused-ring (bicyclic) bond motifs is 3. The number of aliphatic carboxylic acids is 1. The molecule has 0 amide bonds. The van der Waals surface area contributed by atoms with Gasteiger partial charge in [-0.2, -0.15) is 0 Å². The Kier molecular flexibility index (Phi) is 4.32. The number of hydrogen-bond donors (Lipinski definition) is 1. The van der Waals surface area contributed by atoms with E-state index in [4.69, 9.17) is 10.1 Å². The molecule has 7 heteroatoms. The molecule has 0 saturated carbocycles. The van der Waals surface area contributed by atoms with E-state index in [0.29, 0.717) is 17.1 Å². The molecule has 0 spiro atoms. The number of nitrogens with zero attached hydrogens (tertiary/aromatic N) is 3. The number of thiophene rings is 1. The molecule has 0 radical (unpaired) electrons. The number of rotatable bonds is 4. The fraction of sp³-hybridized carbons (Fsp3) is 0.368. The lowest BCUT2D eigenvalue weighted by atomic mass is 9.89. The van der Waals surface area contributed by atoms with Crippen molar-refractivity contribution in [1.29, 1.82) is 0 Å². The van der Waals surface area contributed by atoms with Gasteiger partial charge in [0.1, 0.15) is 10.7 Å². The SMILES string of the molecule is CC1CCc2c(sc3nc(-c4ccncc4)n(CCC(=O)O)c(=O)c23)C1. The van der Waals surface area contributed by atoms with E-state index in [-0.39, 0.29) is 18.5 Å². The average Bonchev–Trinajstić information content (AvgIpc) is 2.98. The highest BCUT2D eigenvalue weighted by atomic mass is 32.1. The van der Waals surface area contributed by atoms with Crippen LogP contribution in [0, 0.1) is 5.92 Å². The van der Waals surface area contributed by atoms with Crippen LogP contribution in [0.4, 0.5) is 0 Å². The second-order valence-electron chi connectivity index (χ2n) is 6.80. The lowest BCUT2D eigenvalue weighted by Gasteiger charge is -2.17. The van der Waals surface area contributed by atoms with Crippen LogP contribution in [0.15, 0.2) is 29.3 Å². The molecule has 134 valence electrons. The number of aryl methyl sites for hydroxylation is 1. The standard InChI is InChI=1S/C19H19N3O3S/c1-11-2-3-13-14(10-11)26-18-16(13)19(25)22(9-6-15(23)24)17(21-18)12-4-7-20-8-5-12/h4-5,7-8,11H,2-3,6,9-10H2,1H3,(H,23,24). The fourth-order valence-corrected chi connectivity index (χ4v) is 4.93. The number of aromatic nitrogens is 3. The zero-order chi connectivity index (χ0) is 18.3. The topological polar surface area (TPSA) is 85.1 Å². The van der Waals surface area contributed by atoms with Gasteiger partial charge in [0.25, 0.3) is 5.56 Å². The first-order valence-corrected chi connectivity index (χ1v) is 9.53. The van der Waals surface area contributed by atoms with Crippen molar-refractivity contribution in [1.82, 2.24) is 14.5 Å². The third kappa shape index (κ3) is 2.92. The Labute approximate surface area is 154 Å². The molecule has 3 aromatic heterocycles. The summed E-state index contributed by atoms with van der Waals surface area (Å²) >= 11 is 1.60. The minimum atomic E-state index is -0.932. The number of carboxylic acid groups (broad SMARTS) is 1. The van der Waals surface area contributed by atoms with E-state index in [1.807, 2.05) is 0 Å². The van der Waals surface area contributed by atoms with Crippen molar-refractivity contribution in [3.63, 3.8) is 0 Å². The van der Waals surface area contributed by atoms with Crippen LogP contribution in [0.3, 0.4) is 0 Å². The van der Waals surface area contributed by atoms with Gasteiger partial charge in [-0.1, -0.05) is 6.92 Å². The first-order valence-electron chi connectivity index (χ1n) is 8.72. The zero-order valence-electron chi connectivity index (χ0n) is 14.4. The molecule has 1 unspecified atom stereocenters. The smallest absolute Gasteiger partial charge is 0.305 e. The third-order valence-corrected chi connectivity index (χ3v) is 6.05. The van der Waals surface area contributed by atoms with Gasteiger partial charge in [0.15, 0.2) is 0 Å². The van der Waals surface area contributed by atoms with Crippen LogP contribution in [0.1, 0.15) is 30.2 Å². The predicted octanol–water partition coefficient (Wildman–Crippen LogP) is 3.12. The minimum Gasteiger partial charge on any atom is -0.481 e. The van der Waals surface area contributed by atoms with E-state index in [0.717, 1.165) is 35.2 Å². The van der Waals surface area contributed by atoms with Crippen LogP contribution in [0.5, 0.6) is 0 Å². The normalized spacial score (nSPS) is 16.6. The van der Waals surface area contributed by atoms with Crippen molar-refractivity contribution >= 4 is 27.5 Å². The Morgan fingerprint density at radius 1 is 1.38 bits per heavy atom. The van der Waals surface area contributed by atoms with Gasteiger partial charge in [-0.3, -0.25) is 19.1 Å². The predicted molar refractivity (Wildman–Crippen MR) is 101 cm³/mol. The molecular weight excluding hydrogens is 350 g/mol. The van der Waals surface area contributed by atoms with E-state index >= 15 is 0 Å². The van der Waals surface area contributed by atoms with Crippen LogP contribution in [0.25, 0.3) is 21.6 Å². The van der Waals surface area contributed by atoms with Gasteiger partial charge in [0, 0.05) is 29.4 Å². The molecule has 3 heterocycles. The molecular formula is C19H19N3O3S. The molecule has 0 fully saturated rings. The molecule has 0 bridgehead atoms. The fourth-order valence-electron chi connectivity index (χ4n) is 3.56. The summed E-state index contributed by atoms with van der Waals surface area (Å²) in [5.41, 5.74) is 1.75. The van der Waals surface area contributed by atoms with Crippen LogP contribution in [-0.2, 0) is 24.2 Å². The van der Waals surface area contributed by atoms with E-state index in [9.17, 15) is 9.59 Å². The van der Waals surface area contributed by atoms with Gasteiger partial charge in [-0.25, -0.2) is 4.98 Å². The summed E-state index contributed by atoms with van der Waals surface area (Å²) in [6.07, 6.45) is 6.12. The highest BCUT2D eigenvalue weighted by Gasteiger charge is 2.25. The molecule has 0 aliphatic heterocycles. The maximum Gasteiger partial charge on any atom is 0.305 e. The van der Waals surface area contributed by atoms with Crippen molar-refractivity contribution in [2.24, 2.45) is 5.92 Å². The van der Waals surface area contributed by atoms with Crippen LogP contribution in [-0.4, -0.2) is 25.6 Å². The summed E-state index contributed by atoms with van der Waals surface area (Å²) in [4.78, 5) is 35.1. The lowest BCUT2D eigenvalue weighted by molar-refractivity contribution is -0.137. The highest BCUT2D eigenvalue weighted by molar-refractivity contribution is 7.18. The Balaban J connectivity index is 1.96. The monoisotopic (exact) mass is 369 g/mol. The largest absolute Gasteiger partial charge is 0.481 e. The maximum absolute atomic E-state index is 13.3. The average molecular weight is 369 g/mol. The molecule has 6 nitrogen and oxygen atoms in total. The van der Waals surface area contributed by atoms with Gasteiger partial charge >= 0.3 is 5.97 Å². The minimum absolute atomic E-state index is 0.107. The first kappa shape index (κ1) is 16.9. The Morgan fingerprint density at radius 3 is 2.88 bits per heavy atom. The van der Waals surface area contributed by atoms with Crippen LogP contribution in [0.2, 0.25) is 0 Å². The molecule has 26 heavy (non-hydrogen) atoms. The van der Waals surface area contributed by atoms with Crippen molar-refractivity contribution < 1.29 is 9.90 Å². The molecule has 4 rings (SSSR count). The van der Waals surface area contributed by atoms with Crippen molar-refractivity contribution in [2.45, 2.75) is 39.2 Å². The number of carboxylic acids is 1. The molecule has 1 aliphatic rings. The molecule has 1 aliphatic carbocycles. The summed E-state index contributed by atoms with van der Waals surface area (Å²) < 4.78 is 1.51. The van der Waals surface area contributed by atoms with Crippen molar-refractivity contribution in [2.75, 3.05) is 0 Å². The number of pyridine rings is 1. The summed E-state index contributed by atoms with van der Waals surface area (Å²) in [5, 5.41) is 9.76. The number of carbonyl (C=O) groups is 1. The summed E-state index contributed by atoms with van der Waals surface area (Å²) in [6.45, 7) is 2.34. The quantitative estimate of drug-likeness (QED) is 0.764. The lowest BCUT2D eigenvalue weighted by Crippen LogP contribution is -2.25. The van der Waals surface area contributed by atoms with E-state index < -0.39 is 5.97 Å². The molecule has 0 aromatic carbocycles. The molecule has 0 saturated heterocycles. The van der Waals surface area contributed by atoms with Gasteiger partial charge < -0.3 is 5.11 Å². The van der Waals surface area contributed by atoms with E-state index in [1.165, 1.54) is 9.44 Å². The van der Waals surface area contributed by atoms with Crippen molar-refractivity contribution in [3.8, 4) is 11.4 Å².